The summed E-state index contributed by atoms with van der Waals surface area (Å²) in [5.74, 6) is -1.99. The second kappa shape index (κ2) is 26.1. The molecule has 0 amide bonds. The third-order valence-corrected chi connectivity index (χ3v) is 6.47. The third-order valence-electron chi connectivity index (χ3n) is 5.13. The summed E-state index contributed by atoms with van der Waals surface area (Å²) in [4.78, 5) is 33.7. The van der Waals surface area contributed by atoms with Crippen LogP contribution in [0.4, 0.5) is 0 Å². The molecule has 0 saturated carbocycles. The van der Waals surface area contributed by atoms with Crippen LogP contribution in [0.2, 0.25) is 0 Å². The molecule has 0 fully saturated rings. The van der Waals surface area contributed by atoms with Gasteiger partial charge in [0.15, 0.2) is 5.25 Å². The van der Waals surface area contributed by atoms with Crippen LogP contribution in [0.25, 0.3) is 0 Å². The number of esters is 2. The first-order valence-corrected chi connectivity index (χ1v) is 13.4. The van der Waals surface area contributed by atoms with Gasteiger partial charge in [0, 0.05) is 19.8 Å². The predicted molar refractivity (Wildman–Crippen MR) is 139 cm³/mol. The zero-order valence-electron chi connectivity index (χ0n) is 23.3. The molecule has 0 rings (SSSR count). The van der Waals surface area contributed by atoms with Crippen molar-refractivity contribution in [3.63, 3.8) is 0 Å². The minimum absolute atomic E-state index is 0. The molecule has 0 spiro atoms. The zero-order valence-corrected chi connectivity index (χ0v) is 30.0. The molecule has 13 heteroatoms. The molecule has 0 aliphatic rings. The number of carbonyl (C=O) groups excluding carboxylic acids is 3. The van der Waals surface area contributed by atoms with Crippen molar-refractivity contribution in [2.24, 2.45) is 11.8 Å². The van der Waals surface area contributed by atoms with E-state index in [2.05, 4.69) is 30.9 Å². The van der Waals surface area contributed by atoms with Gasteiger partial charge in [-0.15, -0.1) is 0 Å². The van der Waals surface area contributed by atoms with E-state index in [9.17, 15) is 27.4 Å². The average Bonchev–Trinajstić information content (AvgIpc) is 2.77. The first kappa shape index (κ1) is 42.6. The molecule has 35 heavy (non-hydrogen) atoms. The first-order chi connectivity index (χ1) is 15.5. The van der Waals surface area contributed by atoms with Crippen molar-refractivity contribution in [1.29, 1.82) is 0 Å². The SMILES string of the molecule is CC(=O)OS.CCCCC(CC)COC(=O)CC(C(=O)OCC(CC)CCCC)S(=O)(=O)O.[H-].[Na+].[SnH2]. The van der Waals surface area contributed by atoms with Gasteiger partial charge in [-0.3, -0.25) is 18.9 Å². The second-order valence-electron chi connectivity index (χ2n) is 7.94. The van der Waals surface area contributed by atoms with Gasteiger partial charge in [-0.25, -0.2) is 0 Å². The predicted octanol–water partition coefficient (Wildman–Crippen LogP) is 0.747. The Morgan fingerprint density at radius 1 is 0.914 bits per heavy atom. The number of rotatable bonds is 16. The quantitative estimate of drug-likeness (QED) is 0.0616. The summed E-state index contributed by atoms with van der Waals surface area (Å²) in [6.45, 7) is 9.63. The van der Waals surface area contributed by atoms with E-state index in [0.29, 0.717) is 0 Å². The van der Waals surface area contributed by atoms with Gasteiger partial charge in [0.05, 0.1) is 19.6 Å². The number of hydrogen-bond donors (Lipinski definition) is 2. The zero-order chi connectivity index (χ0) is 25.9. The Balaban J connectivity index is -0.000000362. The van der Waals surface area contributed by atoms with Crippen molar-refractivity contribution in [1.82, 2.24) is 0 Å². The molecule has 0 aliphatic carbocycles. The van der Waals surface area contributed by atoms with Crippen LogP contribution in [0.3, 0.4) is 0 Å². The van der Waals surface area contributed by atoms with Crippen molar-refractivity contribution >= 4 is 64.8 Å². The molecule has 0 aromatic carbocycles. The monoisotopic (exact) mass is 660 g/mol. The summed E-state index contributed by atoms with van der Waals surface area (Å²) in [6.07, 6.45) is 6.74. The van der Waals surface area contributed by atoms with Gasteiger partial charge in [0.1, 0.15) is 0 Å². The Hall–Kier alpha value is 0.469. The van der Waals surface area contributed by atoms with Gasteiger partial charge >= 0.3 is 71.4 Å². The summed E-state index contributed by atoms with van der Waals surface area (Å²) in [5.41, 5.74) is 0. The molecular formula is C22H45NaO9S2Sn. The van der Waals surface area contributed by atoms with E-state index in [1.165, 1.54) is 6.92 Å². The number of unbranched alkanes of at least 4 members (excludes halogenated alkanes) is 2. The van der Waals surface area contributed by atoms with Crippen molar-refractivity contribution in [3.05, 3.63) is 0 Å². The molecule has 0 heterocycles. The summed E-state index contributed by atoms with van der Waals surface area (Å²) < 4.78 is 46.6. The molecule has 0 bridgehead atoms. The number of ether oxygens (including phenoxy) is 2. The Kier molecular flexibility index (Phi) is 31.7. The Morgan fingerprint density at radius 3 is 1.63 bits per heavy atom. The fraction of sp³-hybridized carbons (Fsp3) is 0.864. The van der Waals surface area contributed by atoms with Gasteiger partial charge in [-0.05, 0) is 24.7 Å². The van der Waals surface area contributed by atoms with Crippen LogP contribution in [-0.4, -0.2) is 73.2 Å². The van der Waals surface area contributed by atoms with E-state index >= 15 is 0 Å². The van der Waals surface area contributed by atoms with E-state index in [1.807, 2.05) is 13.8 Å². The summed E-state index contributed by atoms with van der Waals surface area (Å²) in [6, 6.07) is 0. The summed E-state index contributed by atoms with van der Waals surface area (Å²) in [5, 5.41) is -1.95. The minimum atomic E-state index is -4.76. The average molecular weight is 659 g/mol. The summed E-state index contributed by atoms with van der Waals surface area (Å²) >= 11 is 3.17. The van der Waals surface area contributed by atoms with E-state index in [1.54, 1.807) is 0 Å². The van der Waals surface area contributed by atoms with Crippen LogP contribution in [0, 0.1) is 11.8 Å². The number of carbonyl (C=O) groups is 3. The fourth-order valence-corrected chi connectivity index (χ4v) is 3.48. The molecule has 3 unspecified atom stereocenters. The normalized spacial score (nSPS) is 12.9. The molecular weight excluding hydrogens is 614 g/mol. The van der Waals surface area contributed by atoms with Gasteiger partial charge in [-0.1, -0.05) is 66.2 Å². The van der Waals surface area contributed by atoms with Crippen LogP contribution in [0.1, 0.15) is 93.8 Å². The van der Waals surface area contributed by atoms with Crippen LogP contribution < -0.4 is 29.6 Å². The van der Waals surface area contributed by atoms with Crippen molar-refractivity contribution in [3.8, 4) is 0 Å². The van der Waals surface area contributed by atoms with Crippen LogP contribution >= 0.6 is 12.9 Å². The van der Waals surface area contributed by atoms with Crippen molar-refractivity contribution in [2.75, 3.05) is 13.2 Å². The maximum atomic E-state index is 12.2. The van der Waals surface area contributed by atoms with E-state index in [0.717, 1.165) is 51.4 Å². The van der Waals surface area contributed by atoms with Gasteiger partial charge in [0.25, 0.3) is 10.1 Å². The molecule has 0 saturated heterocycles. The Morgan fingerprint density at radius 2 is 1.31 bits per heavy atom. The standard InChI is InChI=1S/C20H38O7S.C2H4O2S.Na.Sn.3H/c1-5-9-11-16(7-3)14-26-19(21)13-18(28(23,24)25)20(22)27-15-17(8-4)12-10-6-2;1-2(3)4-5;;;;;/h16-18H,5-15H2,1-4H3,(H,23,24,25);5H,1H3;;;;;/q;;+1;;;;-1. The molecule has 2 radical (unpaired) electrons. The summed E-state index contributed by atoms with van der Waals surface area (Å²) in [7, 11) is -4.76. The van der Waals surface area contributed by atoms with Crippen LogP contribution in [0.15, 0.2) is 0 Å². The molecule has 204 valence electrons. The van der Waals surface area contributed by atoms with Gasteiger partial charge in [-0.2, -0.15) is 8.42 Å². The molecule has 0 aromatic rings. The van der Waals surface area contributed by atoms with Crippen molar-refractivity contribution in [2.45, 2.75) is 97.7 Å². The van der Waals surface area contributed by atoms with Crippen molar-refractivity contribution < 1.29 is 72.0 Å². The third kappa shape index (κ3) is 24.6. The Bertz CT molecular complexity index is 670. The topological polar surface area (TPSA) is 133 Å². The molecule has 0 aromatic heterocycles. The number of hydrogen-bond acceptors (Lipinski definition) is 9. The number of thiol groups is 1. The second-order valence-corrected chi connectivity index (χ2v) is 9.72. The molecule has 3 atom stereocenters. The maximum absolute atomic E-state index is 12.2. The molecule has 1 N–H and O–H groups in total. The molecule has 0 aliphatic heterocycles. The van der Waals surface area contributed by atoms with Crippen LogP contribution in [-0.2, 0) is 38.2 Å². The first-order valence-electron chi connectivity index (χ1n) is 11.6. The van der Waals surface area contributed by atoms with Crippen LogP contribution in [0.5, 0.6) is 0 Å². The van der Waals surface area contributed by atoms with Gasteiger partial charge in [0.2, 0.25) is 0 Å². The fourth-order valence-electron chi connectivity index (χ4n) is 2.82. The van der Waals surface area contributed by atoms with E-state index in [-0.39, 0.29) is 85.9 Å². The van der Waals surface area contributed by atoms with E-state index < -0.39 is 33.7 Å². The molecule has 9 nitrogen and oxygen atoms in total. The van der Waals surface area contributed by atoms with E-state index in [4.69, 9.17) is 9.47 Å². The Labute approximate surface area is 257 Å². The van der Waals surface area contributed by atoms with Gasteiger partial charge < -0.3 is 15.1 Å².